The lowest BCUT2D eigenvalue weighted by atomic mass is 9.89. The minimum atomic E-state index is 0.611. The summed E-state index contributed by atoms with van der Waals surface area (Å²) in [6, 6.07) is 5.46. The van der Waals surface area contributed by atoms with Gasteiger partial charge in [-0.2, -0.15) is 0 Å². The van der Waals surface area contributed by atoms with Crippen LogP contribution in [0.3, 0.4) is 0 Å². The van der Waals surface area contributed by atoms with E-state index in [1.54, 1.807) is 6.07 Å². The molecule has 2 N–H and O–H groups in total. The van der Waals surface area contributed by atoms with Crippen LogP contribution >= 0.6 is 11.6 Å². The van der Waals surface area contributed by atoms with Gasteiger partial charge in [-0.3, -0.25) is 0 Å². The van der Waals surface area contributed by atoms with E-state index in [0.717, 1.165) is 29.8 Å². The highest BCUT2D eigenvalue weighted by Crippen LogP contribution is 2.48. The Morgan fingerprint density at radius 3 is 2.86 bits per heavy atom. The molecule has 0 spiro atoms. The Hall–Kier alpha value is -1.62. The number of tetrazole rings is 1. The zero-order chi connectivity index (χ0) is 14.4. The summed E-state index contributed by atoms with van der Waals surface area (Å²) in [5, 5.41) is 12.8. The van der Waals surface area contributed by atoms with E-state index in [4.69, 9.17) is 17.3 Å². The fourth-order valence-electron chi connectivity index (χ4n) is 4.10. The predicted octanol–water partition coefficient (Wildman–Crippen LogP) is 3.01. The first-order valence-electron chi connectivity index (χ1n) is 7.51. The molecule has 3 unspecified atom stereocenters. The molecule has 2 aliphatic rings. The molecule has 2 bridgehead atoms. The van der Waals surface area contributed by atoms with E-state index in [2.05, 4.69) is 15.5 Å². The van der Waals surface area contributed by atoms with Crippen molar-refractivity contribution in [3.05, 3.63) is 23.2 Å². The fraction of sp³-hybridized carbons (Fsp3) is 0.533. The first-order valence-corrected chi connectivity index (χ1v) is 7.89. The van der Waals surface area contributed by atoms with Crippen LogP contribution in [0.15, 0.2) is 18.2 Å². The fourth-order valence-corrected chi connectivity index (χ4v) is 4.34. The van der Waals surface area contributed by atoms with Crippen LogP contribution < -0.4 is 5.73 Å². The van der Waals surface area contributed by atoms with Crippen LogP contribution in [0.5, 0.6) is 0 Å². The molecule has 6 heteroatoms. The quantitative estimate of drug-likeness (QED) is 0.885. The number of nitrogens with two attached hydrogens (primary N) is 1. The van der Waals surface area contributed by atoms with Crippen LogP contribution in [-0.2, 0) is 6.54 Å². The number of rotatable bonds is 3. The van der Waals surface area contributed by atoms with E-state index in [0.29, 0.717) is 16.6 Å². The maximum absolute atomic E-state index is 6.08. The van der Waals surface area contributed by atoms with Crippen LogP contribution in [0.2, 0.25) is 5.02 Å². The van der Waals surface area contributed by atoms with Gasteiger partial charge in [-0.15, -0.1) is 5.10 Å². The molecular formula is C15H18ClN5. The van der Waals surface area contributed by atoms with Crippen LogP contribution in [0, 0.1) is 17.8 Å². The molecule has 2 saturated carbocycles. The molecule has 0 saturated heterocycles. The van der Waals surface area contributed by atoms with Crippen LogP contribution in [0.1, 0.15) is 25.7 Å². The Bertz CT molecular complexity index is 648. The summed E-state index contributed by atoms with van der Waals surface area (Å²) in [5.74, 6) is 3.26. The van der Waals surface area contributed by atoms with E-state index in [9.17, 15) is 0 Å². The third kappa shape index (κ3) is 2.39. The van der Waals surface area contributed by atoms with Crippen molar-refractivity contribution in [2.24, 2.45) is 17.8 Å². The van der Waals surface area contributed by atoms with E-state index in [1.165, 1.54) is 25.7 Å². The normalized spacial score (nSPS) is 27.4. The molecule has 2 aliphatic carbocycles. The number of nitrogens with zero attached hydrogens (tertiary/aromatic N) is 4. The predicted molar refractivity (Wildman–Crippen MR) is 81.6 cm³/mol. The van der Waals surface area contributed by atoms with Gasteiger partial charge in [0, 0.05) is 22.8 Å². The lowest BCUT2D eigenvalue weighted by molar-refractivity contribution is 0.284. The Labute approximate surface area is 128 Å². The Morgan fingerprint density at radius 1 is 1.24 bits per heavy atom. The van der Waals surface area contributed by atoms with Crippen molar-refractivity contribution in [2.45, 2.75) is 32.2 Å². The molecule has 0 radical (unpaired) electrons. The third-order valence-electron chi connectivity index (χ3n) is 5.00. The van der Waals surface area contributed by atoms with Crippen molar-refractivity contribution in [1.29, 1.82) is 0 Å². The van der Waals surface area contributed by atoms with Gasteiger partial charge in [-0.25, -0.2) is 4.68 Å². The average molecular weight is 304 g/mol. The van der Waals surface area contributed by atoms with E-state index in [1.807, 2.05) is 16.8 Å². The second-order valence-corrected chi connectivity index (χ2v) is 6.83. The van der Waals surface area contributed by atoms with Gasteiger partial charge in [0.05, 0.1) is 0 Å². The first-order chi connectivity index (χ1) is 10.2. The molecule has 2 fully saturated rings. The number of hydrogen-bond acceptors (Lipinski definition) is 4. The van der Waals surface area contributed by atoms with Crippen LogP contribution in [-0.4, -0.2) is 20.2 Å². The highest BCUT2D eigenvalue weighted by Gasteiger charge is 2.39. The third-order valence-corrected chi connectivity index (χ3v) is 5.22. The molecule has 0 amide bonds. The number of nitrogen functional groups attached to an aromatic ring is 1. The molecule has 0 aliphatic heterocycles. The number of halogens is 1. The average Bonchev–Trinajstić information content (AvgIpc) is 3.13. The van der Waals surface area contributed by atoms with E-state index in [-0.39, 0.29) is 0 Å². The van der Waals surface area contributed by atoms with Crippen molar-refractivity contribution in [2.75, 3.05) is 5.73 Å². The molecule has 1 aromatic heterocycles. The van der Waals surface area contributed by atoms with Crippen molar-refractivity contribution >= 4 is 17.3 Å². The molecule has 5 nitrogen and oxygen atoms in total. The summed E-state index contributed by atoms with van der Waals surface area (Å²) in [4.78, 5) is 0. The van der Waals surface area contributed by atoms with Gasteiger partial charge in [0.15, 0.2) is 5.82 Å². The SMILES string of the molecule is Nc1cc(Cl)cc(-c2nnnn2CC2CC3CCC2C3)c1. The summed E-state index contributed by atoms with van der Waals surface area (Å²) in [5.41, 5.74) is 7.38. The minimum absolute atomic E-state index is 0.611. The van der Waals surface area contributed by atoms with Crippen molar-refractivity contribution < 1.29 is 0 Å². The summed E-state index contributed by atoms with van der Waals surface area (Å²) in [6.45, 7) is 0.899. The van der Waals surface area contributed by atoms with Crippen molar-refractivity contribution in [3.8, 4) is 11.4 Å². The Balaban J connectivity index is 1.61. The van der Waals surface area contributed by atoms with Crippen molar-refractivity contribution in [3.63, 3.8) is 0 Å². The smallest absolute Gasteiger partial charge is 0.182 e. The van der Waals surface area contributed by atoms with Crippen LogP contribution in [0.4, 0.5) is 5.69 Å². The van der Waals surface area contributed by atoms with Gasteiger partial charge in [0.25, 0.3) is 0 Å². The monoisotopic (exact) mass is 303 g/mol. The highest BCUT2D eigenvalue weighted by atomic mass is 35.5. The molecule has 1 aromatic carbocycles. The highest BCUT2D eigenvalue weighted by molar-refractivity contribution is 6.31. The second kappa shape index (κ2) is 4.98. The Kier molecular flexibility index (Phi) is 3.10. The Morgan fingerprint density at radius 2 is 2.14 bits per heavy atom. The number of fused-ring (bicyclic) bond motifs is 2. The standard InChI is InChI=1S/C15H18ClN5/c16-13-5-11(6-14(17)7-13)15-18-19-20-21(15)8-12-4-9-1-2-10(12)3-9/h5-7,9-10,12H,1-4,8,17H2. The number of aromatic nitrogens is 4. The van der Waals surface area contributed by atoms with E-state index >= 15 is 0 Å². The van der Waals surface area contributed by atoms with Gasteiger partial charge < -0.3 is 5.73 Å². The number of hydrogen-bond donors (Lipinski definition) is 1. The van der Waals surface area contributed by atoms with Gasteiger partial charge in [-0.1, -0.05) is 18.0 Å². The lowest BCUT2D eigenvalue weighted by Crippen LogP contribution is -2.18. The molecule has 1 heterocycles. The summed E-state index contributed by atoms with van der Waals surface area (Å²) in [7, 11) is 0. The zero-order valence-electron chi connectivity index (χ0n) is 11.7. The number of anilines is 1. The molecule has 110 valence electrons. The minimum Gasteiger partial charge on any atom is -0.399 e. The van der Waals surface area contributed by atoms with Gasteiger partial charge >= 0.3 is 0 Å². The molecule has 2 aromatic rings. The van der Waals surface area contributed by atoms with Gasteiger partial charge in [0.1, 0.15) is 0 Å². The van der Waals surface area contributed by atoms with E-state index < -0.39 is 0 Å². The second-order valence-electron chi connectivity index (χ2n) is 6.39. The summed E-state index contributed by atoms with van der Waals surface area (Å²) in [6.07, 6.45) is 5.50. The molecule has 4 rings (SSSR count). The van der Waals surface area contributed by atoms with Crippen LogP contribution in [0.25, 0.3) is 11.4 Å². The topological polar surface area (TPSA) is 69.6 Å². The maximum Gasteiger partial charge on any atom is 0.182 e. The largest absolute Gasteiger partial charge is 0.399 e. The molecule has 3 atom stereocenters. The zero-order valence-corrected chi connectivity index (χ0v) is 12.5. The van der Waals surface area contributed by atoms with Gasteiger partial charge in [0.2, 0.25) is 0 Å². The summed E-state index contributed by atoms with van der Waals surface area (Å²) < 4.78 is 1.91. The molecule has 21 heavy (non-hydrogen) atoms. The van der Waals surface area contributed by atoms with Crippen molar-refractivity contribution in [1.82, 2.24) is 20.2 Å². The first kappa shape index (κ1) is 13.1. The lowest BCUT2D eigenvalue weighted by Gasteiger charge is -2.21. The summed E-state index contributed by atoms with van der Waals surface area (Å²) >= 11 is 6.08. The molecular weight excluding hydrogens is 286 g/mol. The van der Waals surface area contributed by atoms with Gasteiger partial charge in [-0.05, 0) is 65.6 Å². The maximum atomic E-state index is 6.08. The number of benzene rings is 1.